The summed E-state index contributed by atoms with van der Waals surface area (Å²) in [5.41, 5.74) is 16.6. The van der Waals surface area contributed by atoms with Crippen LogP contribution in [0.5, 0.6) is 0 Å². The van der Waals surface area contributed by atoms with E-state index in [0.29, 0.717) is 5.82 Å². The molecule has 0 amide bonds. The first-order valence-electron chi connectivity index (χ1n) is 19.1. The summed E-state index contributed by atoms with van der Waals surface area (Å²) in [7, 11) is 0. The van der Waals surface area contributed by atoms with E-state index >= 15 is 0 Å². The Bertz CT molecular complexity index is 3180. The van der Waals surface area contributed by atoms with Crippen LogP contribution >= 0.6 is 0 Å². The highest BCUT2D eigenvalue weighted by molar-refractivity contribution is 6.20. The van der Waals surface area contributed by atoms with Gasteiger partial charge in [-0.1, -0.05) is 153 Å². The Labute approximate surface area is 324 Å². The number of furan rings is 1. The quantitative estimate of drug-likeness (QED) is 0.178. The molecule has 56 heavy (non-hydrogen) atoms. The summed E-state index contributed by atoms with van der Waals surface area (Å²) in [5, 5.41) is 3.28. The van der Waals surface area contributed by atoms with Crippen LogP contribution in [0, 0.1) is 0 Å². The maximum atomic E-state index is 6.54. The largest absolute Gasteiger partial charge is 0.454 e. The van der Waals surface area contributed by atoms with Crippen molar-refractivity contribution in [3.63, 3.8) is 0 Å². The van der Waals surface area contributed by atoms with Crippen molar-refractivity contribution in [2.45, 2.75) is 19.3 Å². The summed E-state index contributed by atoms with van der Waals surface area (Å²) in [6, 6.07) is 61.7. The molecule has 0 aliphatic heterocycles. The van der Waals surface area contributed by atoms with Crippen molar-refractivity contribution in [1.82, 2.24) is 15.0 Å². The van der Waals surface area contributed by atoms with Gasteiger partial charge in [0.25, 0.3) is 0 Å². The highest BCUT2D eigenvalue weighted by Crippen LogP contribution is 2.49. The van der Waals surface area contributed by atoms with Crippen LogP contribution in [0.3, 0.4) is 0 Å². The van der Waals surface area contributed by atoms with Gasteiger partial charge in [0.1, 0.15) is 11.3 Å². The molecule has 10 aromatic rings. The fourth-order valence-electron chi connectivity index (χ4n) is 8.66. The van der Waals surface area contributed by atoms with Gasteiger partial charge >= 0.3 is 0 Å². The molecule has 0 bridgehead atoms. The molecule has 0 saturated carbocycles. The number of fused-ring (bicyclic) bond motifs is 8. The number of aromatic nitrogens is 3. The molecule has 1 aliphatic rings. The fraction of sp³-hybridized carbons (Fsp3) is 0.0577. The minimum atomic E-state index is -0.110. The molecular formula is C52H35N3O. The van der Waals surface area contributed by atoms with Gasteiger partial charge in [-0.15, -0.1) is 0 Å². The minimum Gasteiger partial charge on any atom is -0.454 e. The second-order valence-corrected chi connectivity index (χ2v) is 15.2. The van der Waals surface area contributed by atoms with Crippen molar-refractivity contribution in [2.75, 3.05) is 0 Å². The Balaban J connectivity index is 1.03. The van der Waals surface area contributed by atoms with Crippen molar-refractivity contribution in [1.29, 1.82) is 0 Å². The smallest absolute Gasteiger partial charge is 0.162 e. The number of pyridine rings is 1. The Morgan fingerprint density at radius 3 is 1.86 bits per heavy atom. The van der Waals surface area contributed by atoms with E-state index in [-0.39, 0.29) is 5.41 Å². The van der Waals surface area contributed by atoms with Crippen molar-refractivity contribution < 1.29 is 4.42 Å². The van der Waals surface area contributed by atoms with E-state index in [2.05, 4.69) is 153 Å². The zero-order valence-corrected chi connectivity index (χ0v) is 31.0. The Kier molecular flexibility index (Phi) is 7.17. The van der Waals surface area contributed by atoms with E-state index < -0.39 is 0 Å². The number of nitrogens with zero attached hydrogens (tertiary/aromatic N) is 3. The lowest BCUT2D eigenvalue weighted by Crippen LogP contribution is -2.14. The molecular weight excluding hydrogens is 683 g/mol. The third-order valence-electron chi connectivity index (χ3n) is 11.5. The van der Waals surface area contributed by atoms with Gasteiger partial charge < -0.3 is 4.42 Å². The zero-order valence-electron chi connectivity index (χ0n) is 31.0. The summed E-state index contributed by atoms with van der Waals surface area (Å²) in [6.07, 6.45) is 0. The van der Waals surface area contributed by atoms with Crippen LogP contribution < -0.4 is 0 Å². The topological polar surface area (TPSA) is 51.8 Å². The maximum absolute atomic E-state index is 6.54. The van der Waals surface area contributed by atoms with Crippen molar-refractivity contribution in [3.05, 3.63) is 187 Å². The number of benzene rings is 7. The molecule has 3 heterocycles. The number of para-hydroxylation sites is 2. The lowest BCUT2D eigenvalue weighted by Gasteiger charge is -2.22. The van der Waals surface area contributed by atoms with Crippen molar-refractivity contribution >= 4 is 32.8 Å². The SMILES string of the molecule is CC1(C)c2ccccc2-c2ccc(-c3cc(-c4cccc(-c5cccc(-c6nc7ccccc7c7c6oc6ccccc67)c5)c4)nc(-c4ccccc4)n3)cc21. The molecule has 0 saturated heterocycles. The van der Waals surface area contributed by atoms with Gasteiger partial charge in [0.05, 0.1) is 16.9 Å². The maximum Gasteiger partial charge on any atom is 0.162 e. The van der Waals surface area contributed by atoms with E-state index in [1.807, 2.05) is 36.4 Å². The molecule has 0 N–H and O–H groups in total. The minimum absolute atomic E-state index is 0.110. The number of hydrogen-bond acceptors (Lipinski definition) is 4. The molecule has 7 aromatic carbocycles. The standard InChI is InChI=1S/C52H35N3O/c1-52(2)42-23-9-6-20-38(42)39-27-26-36(30-43(39)52)46-31-45(54-51(55-46)32-14-4-3-5-15-32)35-18-12-16-33(28-35)34-17-13-19-37(29-34)49-50-48(40-21-7-10-24-44(40)53-49)41-22-8-11-25-47(41)56-50/h3-31H,1-2H3. The summed E-state index contributed by atoms with van der Waals surface area (Å²) in [5.74, 6) is 0.700. The van der Waals surface area contributed by atoms with Crippen LogP contribution in [0.4, 0.5) is 0 Å². The molecule has 0 fully saturated rings. The van der Waals surface area contributed by atoms with E-state index in [0.717, 1.165) is 83.3 Å². The number of hydrogen-bond donors (Lipinski definition) is 0. The second kappa shape index (κ2) is 12.4. The first-order chi connectivity index (χ1) is 27.5. The van der Waals surface area contributed by atoms with Crippen LogP contribution in [0.25, 0.3) is 100 Å². The van der Waals surface area contributed by atoms with Crippen LogP contribution in [0.2, 0.25) is 0 Å². The van der Waals surface area contributed by atoms with Crippen molar-refractivity contribution in [3.8, 4) is 67.4 Å². The molecule has 11 rings (SSSR count). The van der Waals surface area contributed by atoms with E-state index in [1.54, 1.807) is 0 Å². The zero-order chi connectivity index (χ0) is 37.4. The van der Waals surface area contributed by atoms with Crippen LogP contribution in [-0.2, 0) is 5.41 Å². The summed E-state index contributed by atoms with van der Waals surface area (Å²) in [4.78, 5) is 15.5. The van der Waals surface area contributed by atoms with Gasteiger partial charge in [-0.3, -0.25) is 0 Å². The van der Waals surface area contributed by atoms with Crippen LogP contribution in [-0.4, -0.2) is 15.0 Å². The lowest BCUT2D eigenvalue weighted by molar-refractivity contribution is 0.660. The number of rotatable bonds is 5. The Hall–Kier alpha value is -7.17. The van der Waals surface area contributed by atoms with Gasteiger partial charge in [0.15, 0.2) is 11.4 Å². The molecule has 1 aliphatic carbocycles. The monoisotopic (exact) mass is 717 g/mol. The highest BCUT2D eigenvalue weighted by atomic mass is 16.3. The third-order valence-corrected chi connectivity index (χ3v) is 11.5. The van der Waals surface area contributed by atoms with Gasteiger partial charge in [0.2, 0.25) is 0 Å². The van der Waals surface area contributed by atoms with Crippen LogP contribution in [0.1, 0.15) is 25.0 Å². The van der Waals surface area contributed by atoms with Gasteiger partial charge in [0, 0.05) is 43.8 Å². The molecule has 0 unspecified atom stereocenters. The normalized spacial score (nSPS) is 13.0. The summed E-state index contributed by atoms with van der Waals surface area (Å²) < 4.78 is 6.54. The predicted molar refractivity (Wildman–Crippen MR) is 229 cm³/mol. The molecule has 0 atom stereocenters. The third kappa shape index (κ3) is 5.10. The molecule has 4 nitrogen and oxygen atoms in total. The molecule has 3 aromatic heterocycles. The molecule has 0 spiro atoms. The van der Waals surface area contributed by atoms with Gasteiger partial charge in [-0.25, -0.2) is 15.0 Å². The van der Waals surface area contributed by atoms with Gasteiger partial charge in [-0.2, -0.15) is 0 Å². The second-order valence-electron chi connectivity index (χ2n) is 15.2. The van der Waals surface area contributed by atoms with E-state index in [1.165, 1.54) is 22.3 Å². The average Bonchev–Trinajstić information content (AvgIpc) is 3.76. The fourth-order valence-corrected chi connectivity index (χ4v) is 8.66. The van der Waals surface area contributed by atoms with Crippen molar-refractivity contribution in [2.24, 2.45) is 0 Å². The summed E-state index contributed by atoms with van der Waals surface area (Å²) in [6.45, 7) is 4.64. The Morgan fingerprint density at radius 1 is 0.429 bits per heavy atom. The highest BCUT2D eigenvalue weighted by Gasteiger charge is 2.35. The lowest BCUT2D eigenvalue weighted by atomic mass is 9.82. The molecule has 4 heteroatoms. The molecule has 264 valence electrons. The van der Waals surface area contributed by atoms with Crippen LogP contribution in [0.15, 0.2) is 180 Å². The van der Waals surface area contributed by atoms with E-state index in [4.69, 9.17) is 19.4 Å². The first kappa shape index (κ1) is 32.3. The van der Waals surface area contributed by atoms with E-state index in [9.17, 15) is 0 Å². The summed E-state index contributed by atoms with van der Waals surface area (Å²) >= 11 is 0. The first-order valence-corrected chi connectivity index (χ1v) is 19.1. The predicted octanol–water partition coefficient (Wildman–Crippen LogP) is 13.6. The molecule has 0 radical (unpaired) electrons. The Morgan fingerprint density at radius 2 is 1.04 bits per heavy atom. The van der Waals surface area contributed by atoms with Gasteiger partial charge in [-0.05, 0) is 69.8 Å². The average molecular weight is 718 g/mol.